The fourth-order valence-electron chi connectivity index (χ4n) is 5.27. The van der Waals surface area contributed by atoms with Gasteiger partial charge in [-0.3, -0.25) is 0 Å². The first-order valence-electron chi connectivity index (χ1n) is 12.1. The maximum absolute atomic E-state index is 6.08. The summed E-state index contributed by atoms with van der Waals surface area (Å²) < 4.78 is 6.08. The molecule has 152 valence electrons. The standard InChI is InChI=1S/C25H46O/c1-3-5-7-9-10-13-22-16-18-23(19-17-22)24-14-12-15-25(21-24)26-20-11-8-6-4-2/h11,20,22-25H,3-10,12-19,21H2,1-2H3/b20-11+. The van der Waals surface area contributed by atoms with E-state index < -0.39 is 0 Å². The van der Waals surface area contributed by atoms with Gasteiger partial charge in [0.2, 0.25) is 0 Å². The highest BCUT2D eigenvalue weighted by Gasteiger charge is 2.31. The third-order valence-electron chi connectivity index (χ3n) is 7.03. The van der Waals surface area contributed by atoms with E-state index in [1.165, 1.54) is 109 Å². The van der Waals surface area contributed by atoms with Crippen LogP contribution in [-0.2, 0) is 4.74 Å². The molecule has 2 rings (SSSR count). The van der Waals surface area contributed by atoms with Crippen LogP contribution in [0.3, 0.4) is 0 Å². The third-order valence-corrected chi connectivity index (χ3v) is 7.03. The van der Waals surface area contributed by atoms with E-state index in [4.69, 9.17) is 4.74 Å². The van der Waals surface area contributed by atoms with Gasteiger partial charge in [-0.15, -0.1) is 0 Å². The van der Waals surface area contributed by atoms with Gasteiger partial charge in [-0.1, -0.05) is 71.6 Å². The molecular weight excluding hydrogens is 316 g/mol. The Bertz CT molecular complexity index is 353. The lowest BCUT2D eigenvalue weighted by molar-refractivity contribution is 0.0509. The van der Waals surface area contributed by atoms with E-state index in [0.717, 1.165) is 17.8 Å². The van der Waals surface area contributed by atoms with E-state index >= 15 is 0 Å². The van der Waals surface area contributed by atoms with Crippen molar-refractivity contribution in [1.82, 2.24) is 0 Å². The Morgan fingerprint density at radius 2 is 1.54 bits per heavy atom. The lowest BCUT2D eigenvalue weighted by atomic mass is 9.70. The first-order valence-corrected chi connectivity index (χ1v) is 12.1. The van der Waals surface area contributed by atoms with Crippen LogP contribution in [0.4, 0.5) is 0 Å². The predicted molar refractivity (Wildman–Crippen MR) is 114 cm³/mol. The van der Waals surface area contributed by atoms with Crippen LogP contribution in [0.15, 0.2) is 12.3 Å². The Morgan fingerprint density at radius 3 is 2.31 bits per heavy atom. The van der Waals surface area contributed by atoms with Gasteiger partial charge in [0, 0.05) is 0 Å². The quantitative estimate of drug-likeness (QED) is 0.250. The summed E-state index contributed by atoms with van der Waals surface area (Å²) in [5.41, 5.74) is 0. The van der Waals surface area contributed by atoms with Crippen LogP contribution in [0.25, 0.3) is 0 Å². The maximum atomic E-state index is 6.08. The summed E-state index contributed by atoms with van der Waals surface area (Å²) >= 11 is 0. The molecule has 2 aliphatic rings. The lowest BCUT2D eigenvalue weighted by Gasteiger charge is -2.38. The fraction of sp³-hybridized carbons (Fsp3) is 0.920. The summed E-state index contributed by atoms with van der Waals surface area (Å²) in [6.07, 6.45) is 28.7. The average molecular weight is 363 g/mol. The van der Waals surface area contributed by atoms with Crippen molar-refractivity contribution in [2.24, 2.45) is 17.8 Å². The highest BCUT2D eigenvalue weighted by Crippen LogP contribution is 2.41. The Hall–Kier alpha value is -0.460. The van der Waals surface area contributed by atoms with E-state index in [2.05, 4.69) is 19.9 Å². The molecule has 0 aromatic heterocycles. The van der Waals surface area contributed by atoms with Crippen molar-refractivity contribution < 1.29 is 4.74 Å². The Balaban J connectivity index is 1.60. The Morgan fingerprint density at radius 1 is 0.769 bits per heavy atom. The monoisotopic (exact) mass is 362 g/mol. The molecule has 2 aliphatic carbocycles. The molecular formula is C25H46O. The van der Waals surface area contributed by atoms with Gasteiger partial charge >= 0.3 is 0 Å². The van der Waals surface area contributed by atoms with Crippen molar-refractivity contribution >= 4 is 0 Å². The van der Waals surface area contributed by atoms with Gasteiger partial charge in [0.05, 0.1) is 12.4 Å². The molecule has 2 saturated carbocycles. The van der Waals surface area contributed by atoms with E-state index in [0.29, 0.717) is 6.10 Å². The van der Waals surface area contributed by atoms with Gasteiger partial charge in [0.25, 0.3) is 0 Å². The summed E-state index contributed by atoms with van der Waals surface area (Å²) in [6.45, 7) is 4.56. The number of hydrogen-bond donors (Lipinski definition) is 0. The Labute approximate surface area is 164 Å². The maximum Gasteiger partial charge on any atom is 0.0981 e. The second-order valence-electron chi connectivity index (χ2n) is 9.18. The smallest absolute Gasteiger partial charge is 0.0981 e. The summed E-state index contributed by atoms with van der Waals surface area (Å²) in [5.74, 6) is 3.00. The molecule has 2 fully saturated rings. The second-order valence-corrected chi connectivity index (χ2v) is 9.18. The summed E-state index contributed by atoms with van der Waals surface area (Å²) in [5, 5.41) is 0. The minimum Gasteiger partial charge on any atom is -0.498 e. The van der Waals surface area contributed by atoms with E-state index in [1.54, 1.807) is 0 Å². The predicted octanol–water partition coefficient (Wildman–Crippen LogP) is 8.43. The van der Waals surface area contributed by atoms with Crippen molar-refractivity contribution in [3.8, 4) is 0 Å². The SMILES string of the molecule is CCCC/C=C/OC1CCCC(C2CCC(CCCCCCC)CC2)C1. The lowest BCUT2D eigenvalue weighted by Crippen LogP contribution is -2.29. The third kappa shape index (κ3) is 8.49. The molecule has 0 aliphatic heterocycles. The molecule has 0 bridgehead atoms. The van der Waals surface area contributed by atoms with Crippen LogP contribution >= 0.6 is 0 Å². The van der Waals surface area contributed by atoms with Gasteiger partial charge < -0.3 is 4.74 Å². The van der Waals surface area contributed by atoms with Gasteiger partial charge in [-0.2, -0.15) is 0 Å². The van der Waals surface area contributed by atoms with Crippen molar-refractivity contribution in [3.63, 3.8) is 0 Å². The van der Waals surface area contributed by atoms with Crippen LogP contribution in [0.1, 0.15) is 123 Å². The molecule has 26 heavy (non-hydrogen) atoms. The molecule has 0 aromatic carbocycles. The molecule has 2 atom stereocenters. The molecule has 0 heterocycles. The Kier molecular flexibility index (Phi) is 11.5. The summed E-state index contributed by atoms with van der Waals surface area (Å²) in [4.78, 5) is 0. The summed E-state index contributed by atoms with van der Waals surface area (Å²) in [7, 11) is 0. The topological polar surface area (TPSA) is 9.23 Å². The molecule has 0 amide bonds. The normalized spacial score (nSPS) is 29.9. The zero-order valence-electron chi connectivity index (χ0n) is 17.9. The zero-order chi connectivity index (χ0) is 18.5. The van der Waals surface area contributed by atoms with Crippen molar-refractivity contribution in [2.75, 3.05) is 0 Å². The van der Waals surface area contributed by atoms with Gasteiger partial charge in [0.1, 0.15) is 0 Å². The van der Waals surface area contributed by atoms with Crippen LogP contribution in [-0.4, -0.2) is 6.10 Å². The van der Waals surface area contributed by atoms with Crippen LogP contribution in [0, 0.1) is 17.8 Å². The molecule has 0 aromatic rings. The van der Waals surface area contributed by atoms with Crippen molar-refractivity contribution in [1.29, 1.82) is 0 Å². The number of rotatable bonds is 12. The van der Waals surface area contributed by atoms with Crippen molar-refractivity contribution in [3.05, 3.63) is 12.3 Å². The largest absolute Gasteiger partial charge is 0.498 e. The number of unbranched alkanes of at least 4 members (excludes halogenated alkanes) is 6. The molecule has 1 heteroatoms. The molecule has 0 N–H and O–H groups in total. The van der Waals surface area contributed by atoms with E-state index in [-0.39, 0.29) is 0 Å². The minimum atomic E-state index is 0.503. The molecule has 0 spiro atoms. The first kappa shape index (κ1) is 21.8. The van der Waals surface area contributed by atoms with Crippen molar-refractivity contribution in [2.45, 2.75) is 129 Å². The highest BCUT2D eigenvalue weighted by atomic mass is 16.5. The molecule has 1 nitrogen and oxygen atoms in total. The van der Waals surface area contributed by atoms with Gasteiger partial charge in [-0.05, 0) is 75.2 Å². The average Bonchev–Trinajstić information content (AvgIpc) is 2.68. The van der Waals surface area contributed by atoms with E-state index in [1.807, 2.05) is 6.26 Å². The number of allylic oxidation sites excluding steroid dienone is 1. The number of ether oxygens (including phenoxy) is 1. The number of hydrogen-bond acceptors (Lipinski definition) is 1. The van der Waals surface area contributed by atoms with Crippen LogP contribution in [0.5, 0.6) is 0 Å². The van der Waals surface area contributed by atoms with Gasteiger partial charge in [0.15, 0.2) is 0 Å². The highest BCUT2D eigenvalue weighted by molar-refractivity contribution is 4.84. The van der Waals surface area contributed by atoms with Gasteiger partial charge in [-0.25, -0.2) is 0 Å². The van der Waals surface area contributed by atoms with Crippen LogP contribution < -0.4 is 0 Å². The molecule has 2 unspecified atom stereocenters. The molecule has 0 radical (unpaired) electrons. The molecule has 0 saturated heterocycles. The van der Waals surface area contributed by atoms with E-state index in [9.17, 15) is 0 Å². The summed E-state index contributed by atoms with van der Waals surface area (Å²) in [6, 6.07) is 0. The van der Waals surface area contributed by atoms with Crippen LogP contribution in [0.2, 0.25) is 0 Å². The zero-order valence-corrected chi connectivity index (χ0v) is 17.9. The minimum absolute atomic E-state index is 0.503. The second kappa shape index (κ2) is 13.7. The fourth-order valence-corrected chi connectivity index (χ4v) is 5.27. The first-order chi connectivity index (χ1) is 12.8.